The lowest BCUT2D eigenvalue weighted by molar-refractivity contribution is -0.141. The standard InChI is InChI=1S/C35H42O10/c1-4-26(3)34(37)44-23-21-40-19-18-39-20-22-41-31-14-10-29(11-15-31)35(38)45-32-16-8-28(9-17-32)27-6-12-30(13-7-27)42-24-25-43-33(36)5-2/h5-17,26,34,37H,2,4,18-25H2,1,3H3. The van der Waals surface area contributed by atoms with Crippen LogP contribution in [0.2, 0.25) is 0 Å². The predicted molar refractivity (Wildman–Crippen MR) is 168 cm³/mol. The Balaban J connectivity index is 1.31. The van der Waals surface area contributed by atoms with Gasteiger partial charge in [0.15, 0.2) is 6.29 Å². The molecule has 10 heteroatoms. The number of carbonyl (C=O) groups excluding carboxylic acids is 2. The molecule has 45 heavy (non-hydrogen) atoms. The minimum absolute atomic E-state index is 0.0948. The summed E-state index contributed by atoms with van der Waals surface area (Å²) >= 11 is 0. The zero-order valence-corrected chi connectivity index (χ0v) is 25.9. The maximum absolute atomic E-state index is 12.6. The summed E-state index contributed by atoms with van der Waals surface area (Å²) in [7, 11) is 0. The lowest BCUT2D eigenvalue weighted by Gasteiger charge is -2.17. The number of esters is 2. The lowest BCUT2D eigenvalue weighted by Crippen LogP contribution is -2.23. The largest absolute Gasteiger partial charge is 0.491 e. The molecule has 2 atom stereocenters. The van der Waals surface area contributed by atoms with E-state index in [1.165, 1.54) is 0 Å². The molecular weight excluding hydrogens is 580 g/mol. The number of aliphatic hydroxyl groups is 1. The van der Waals surface area contributed by atoms with Crippen LogP contribution in [-0.4, -0.2) is 76.2 Å². The van der Waals surface area contributed by atoms with Gasteiger partial charge in [0.2, 0.25) is 0 Å². The fraction of sp³-hybridized carbons (Fsp3) is 0.371. The van der Waals surface area contributed by atoms with Gasteiger partial charge >= 0.3 is 11.9 Å². The summed E-state index contributed by atoms with van der Waals surface area (Å²) in [6, 6.07) is 21.4. The first kappa shape index (κ1) is 35.3. The fourth-order valence-corrected chi connectivity index (χ4v) is 3.81. The molecule has 10 nitrogen and oxygen atoms in total. The maximum atomic E-state index is 12.6. The number of carbonyl (C=O) groups is 2. The second-order valence-electron chi connectivity index (χ2n) is 9.90. The van der Waals surface area contributed by atoms with Gasteiger partial charge in [0.25, 0.3) is 0 Å². The van der Waals surface area contributed by atoms with E-state index < -0.39 is 18.2 Å². The molecule has 0 amide bonds. The van der Waals surface area contributed by atoms with E-state index in [4.69, 9.17) is 33.2 Å². The fourth-order valence-electron chi connectivity index (χ4n) is 3.81. The van der Waals surface area contributed by atoms with Gasteiger partial charge in [-0.2, -0.15) is 0 Å². The first-order chi connectivity index (χ1) is 21.9. The lowest BCUT2D eigenvalue weighted by atomic mass is 10.1. The van der Waals surface area contributed by atoms with Gasteiger partial charge in [-0.15, -0.1) is 0 Å². The summed E-state index contributed by atoms with van der Waals surface area (Å²) in [6.07, 6.45) is 1.19. The van der Waals surface area contributed by atoms with Gasteiger partial charge in [0, 0.05) is 12.0 Å². The molecule has 0 radical (unpaired) electrons. The highest BCUT2D eigenvalue weighted by Gasteiger charge is 2.12. The molecule has 0 heterocycles. The predicted octanol–water partition coefficient (Wildman–Crippen LogP) is 5.47. The van der Waals surface area contributed by atoms with Gasteiger partial charge in [-0.3, -0.25) is 0 Å². The smallest absolute Gasteiger partial charge is 0.343 e. The van der Waals surface area contributed by atoms with Crippen molar-refractivity contribution in [1.29, 1.82) is 0 Å². The van der Waals surface area contributed by atoms with Crippen LogP contribution in [0.5, 0.6) is 17.2 Å². The third kappa shape index (κ3) is 13.1. The monoisotopic (exact) mass is 622 g/mol. The Hall–Kier alpha value is -4.22. The molecule has 0 bridgehead atoms. The van der Waals surface area contributed by atoms with Crippen LogP contribution in [0, 0.1) is 5.92 Å². The van der Waals surface area contributed by atoms with Gasteiger partial charge in [-0.05, 0) is 66.1 Å². The summed E-state index contributed by atoms with van der Waals surface area (Å²) in [6.45, 7) is 9.96. The van der Waals surface area contributed by atoms with Crippen molar-refractivity contribution in [2.24, 2.45) is 5.92 Å². The maximum Gasteiger partial charge on any atom is 0.343 e. The molecule has 0 saturated heterocycles. The Morgan fingerprint density at radius 2 is 1.20 bits per heavy atom. The first-order valence-corrected chi connectivity index (χ1v) is 14.9. The zero-order valence-electron chi connectivity index (χ0n) is 25.9. The van der Waals surface area contributed by atoms with E-state index in [1.807, 2.05) is 50.2 Å². The van der Waals surface area contributed by atoms with Gasteiger partial charge in [-0.1, -0.05) is 44.7 Å². The molecule has 3 rings (SSSR count). The molecule has 0 aromatic heterocycles. The number of hydrogen-bond acceptors (Lipinski definition) is 10. The van der Waals surface area contributed by atoms with E-state index in [0.717, 1.165) is 23.6 Å². The van der Waals surface area contributed by atoms with Crippen LogP contribution in [0.3, 0.4) is 0 Å². The second-order valence-corrected chi connectivity index (χ2v) is 9.90. The first-order valence-electron chi connectivity index (χ1n) is 14.9. The molecule has 3 aromatic carbocycles. The average molecular weight is 623 g/mol. The van der Waals surface area contributed by atoms with E-state index in [9.17, 15) is 14.7 Å². The molecular formula is C35H42O10. The molecule has 0 fully saturated rings. The Morgan fingerprint density at radius 1 is 0.711 bits per heavy atom. The van der Waals surface area contributed by atoms with Gasteiger partial charge in [0.05, 0.1) is 38.6 Å². The highest BCUT2D eigenvalue weighted by atomic mass is 16.6. The Labute approximate surface area is 264 Å². The van der Waals surface area contributed by atoms with Crippen molar-refractivity contribution in [1.82, 2.24) is 0 Å². The van der Waals surface area contributed by atoms with Crippen molar-refractivity contribution in [3.05, 3.63) is 91.0 Å². The number of benzene rings is 3. The topological polar surface area (TPSA) is 119 Å². The minimum atomic E-state index is -0.765. The van der Waals surface area contributed by atoms with Crippen LogP contribution < -0.4 is 14.2 Å². The Morgan fingerprint density at radius 3 is 1.76 bits per heavy atom. The van der Waals surface area contributed by atoms with Gasteiger partial charge in [-0.25, -0.2) is 9.59 Å². The number of rotatable bonds is 21. The molecule has 1 N–H and O–H groups in total. The SMILES string of the molecule is C=CC(=O)OCCOc1ccc(-c2ccc(OC(=O)c3ccc(OCCOCCOCCOC(O)C(C)CC)cc3)cc2)cc1. The van der Waals surface area contributed by atoms with Gasteiger partial charge < -0.3 is 38.3 Å². The summed E-state index contributed by atoms with van der Waals surface area (Å²) in [5.74, 6) is 0.828. The van der Waals surface area contributed by atoms with Crippen LogP contribution in [-0.2, 0) is 23.7 Å². The van der Waals surface area contributed by atoms with Crippen molar-refractivity contribution >= 4 is 11.9 Å². The van der Waals surface area contributed by atoms with Gasteiger partial charge in [0.1, 0.15) is 37.1 Å². The molecule has 0 aliphatic rings. The van der Waals surface area contributed by atoms with Crippen molar-refractivity contribution in [3.63, 3.8) is 0 Å². The normalized spacial score (nSPS) is 12.2. The second kappa shape index (κ2) is 19.9. The molecule has 0 aliphatic carbocycles. The quantitative estimate of drug-likeness (QED) is 0.0538. The Kier molecular flexibility index (Phi) is 15.6. The average Bonchev–Trinajstić information content (AvgIpc) is 3.07. The highest BCUT2D eigenvalue weighted by molar-refractivity contribution is 5.91. The summed E-state index contributed by atoms with van der Waals surface area (Å²) in [5.41, 5.74) is 2.31. The molecule has 2 unspecified atom stereocenters. The summed E-state index contributed by atoms with van der Waals surface area (Å²) in [4.78, 5) is 23.7. The summed E-state index contributed by atoms with van der Waals surface area (Å²) < 4.78 is 37.9. The van der Waals surface area contributed by atoms with Crippen LogP contribution in [0.1, 0.15) is 30.6 Å². The van der Waals surface area contributed by atoms with Crippen molar-refractivity contribution in [2.45, 2.75) is 26.6 Å². The molecule has 3 aromatic rings. The minimum Gasteiger partial charge on any atom is -0.491 e. The number of ether oxygens (including phenoxy) is 7. The number of hydrogen-bond donors (Lipinski definition) is 1. The van der Waals surface area contributed by atoms with E-state index in [-0.39, 0.29) is 19.1 Å². The third-order valence-electron chi connectivity index (χ3n) is 6.62. The van der Waals surface area contributed by atoms with Crippen molar-refractivity contribution < 1.29 is 47.9 Å². The van der Waals surface area contributed by atoms with Crippen molar-refractivity contribution in [3.8, 4) is 28.4 Å². The van der Waals surface area contributed by atoms with Crippen LogP contribution in [0.25, 0.3) is 11.1 Å². The van der Waals surface area contributed by atoms with Crippen LogP contribution in [0.4, 0.5) is 0 Å². The molecule has 0 saturated carbocycles. The van der Waals surface area contributed by atoms with E-state index in [0.29, 0.717) is 62.5 Å². The molecule has 0 spiro atoms. The Bertz CT molecular complexity index is 1290. The van der Waals surface area contributed by atoms with E-state index >= 15 is 0 Å². The van der Waals surface area contributed by atoms with E-state index in [1.54, 1.807) is 36.4 Å². The van der Waals surface area contributed by atoms with Crippen molar-refractivity contribution in [2.75, 3.05) is 52.9 Å². The zero-order chi connectivity index (χ0) is 32.3. The third-order valence-corrected chi connectivity index (χ3v) is 6.62. The summed E-state index contributed by atoms with van der Waals surface area (Å²) in [5, 5.41) is 9.74. The number of aliphatic hydroxyl groups excluding tert-OH is 1. The van der Waals surface area contributed by atoms with Crippen LogP contribution >= 0.6 is 0 Å². The molecule has 242 valence electrons. The highest BCUT2D eigenvalue weighted by Crippen LogP contribution is 2.25. The van der Waals surface area contributed by atoms with E-state index in [2.05, 4.69) is 6.58 Å². The van der Waals surface area contributed by atoms with Crippen LogP contribution in [0.15, 0.2) is 85.5 Å². The molecule has 0 aliphatic heterocycles.